The Labute approximate surface area is 86.7 Å². The summed E-state index contributed by atoms with van der Waals surface area (Å²) in [5.41, 5.74) is 0. The summed E-state index contributed by atoms with van der Waals surface area (Å²) in [5, 5.41) is 2.31. The van der Waals surface area contributed by atoms with Crippen LogP contribution in [0.25, 0.3) is 0 Å². The number of hydrogen-bond acceptors (Lipinski definition) is 2. The highest BCUT2D eigenvalue weighted by molar-refractivity contribution is 4.87. The van der Waals surface area contributed by atoms with Gasteiger partial charge in [-0.05, 0) is 12.8 Å². The first-order valence-electron chi connectivity index (χ1n) is 5.54. The lowest BCUT2D eigenvalue weighted by Crippen LogP contribution is -2.35. The minimum atomic E-state index is 1.10. The second-order valence-corrected chi connectivity index (χ2v) is 3.53. The Balaban J connectivity index is 2.44. The van der Waals surface area contributed by atoms with Crippen LogP contribution in [0.2, 0.25) is 0 Å². The van der Waals surface area contributed by atoms with Crippen LogP contribution in [-0.4, -0.2) is 22.7 Å². The second kappa shape index (κ2) is 6.46. The zero-order chi connectivity index (χ0) is 10.2. The van der Waals surface area contributed by atoms with E-state index in [0.717, 1.165) is 13.1 Å². The Morgan fingerprint density at radius 1 is 1.21 bits per heavy atom. The maximum absolute atomic E-state index is 3.96. The van der Waals surface area contributed by atoms with Crippen molar-refractivity contribution >= 4 is 0 Å². The molecule has 0 aliphatic carbocycles. The maximum atomic E-state index is 3.96. The van der Waals surface area contributed by atoms with Gasteiger partial charge in [-0.25, -0.2) is 9.66 Å². The Kier molecular flexibility index (Phi) is 5.12. The number of aromatic nitrogens is 2. The summed E-state index contributed by atoms with van der Waals surface area (Å²) in [5.74, 6) is 0. The Morgan fingerprint density at radius 3 is 2.29 bits per heavy atom. The van der Waals surface area contributed by atoms with Crippen molar-refractivity contribution in [1.29, 1.82) is 0 Å². The van der Waals surface area contributed by atoms with E-state index >= 15 is 0 Å². The average Bonchev–Trinajstić information content (AvgIpc) is 2.71. The second-order valence-electron chi connectivity index (χ2n) is 3.53. The van der Waals surface area contributed by atoms with E-state index in [9.17, 15) is 0 Å². The quantitative estimate of drug-likeness (QED) is 0.663. The highest BCUT2D eigenvalue weighted by Gasteiger charge is 2.03. The topological polar surface area (TPSA) is 21.1 Å². The van der Waals surface area contributed by atoms with Crippen molar-refractivity contribution in [2.45, 2.75) is 39.5 Å². The van der Waals surface area contributed by atoms with Crippen LogP contribution in [0.1, 0.15) is 39.5 Å². The molecule has 0 spiro atoms. The van der Waals surface area contributed by atoms with Crippen molar-refractivity contribution in [3.8, 4) is 0 Å². The van der Waals surface area contributed by atoms with E-state index in [1.54, 1.807) is 6.20 Å². The van der Waals surface area contributed by atoms with Gasteiger partial charge in [0.2, 0.25) is 0 Å². The van der Waals surface area contributed by atoms with Crippen molar-refractivity contribution < 1.29 is 0 Å². The number of rotatable bonds is 7. The number of unbranched alkanes of at least 4 members (excludes halogenated alkanes) is 2. The van der Waals surface area contributed by atoms with Gasteiger partial charge < -0.3 is 5.01 Å². The van der Waals surface area contributed by atoms with Gasteiger partial charge in [0.25, 0.3) is 0 Å². The van der Waals surface area contributed by atoms with E-state index in [4.69, 9.17) is 0 Å². The molecular weight excluding hydrogens is 174 g/mol. The molecule has 1 rings (SSSR count). The lowest BCUT2D eigenvalue weighted by Gasteiger charge is -2.24. The van der Waals surface area contributed by atoms with Gasteiger partial charge in [0, 0.05) is 25.5 Å². The monoisotopic (exact) mass is 194 g/mol. The lowest BCUT2D eigenvalue weighted by molar-refractivity contribution is 0.540. The zero-order valence-corrected chi connectivity index (χ0v) is 9.24. The summed E-state index contributed by atoms with van der Waals surface area (Å²) in [6.45, 7) is 6.64. The molecule has 1 heterocycles. The molecule has 79 valence electrons. The van der Waals surface area contributed by atoms with Gasteiger partial charge in [-0.15, -0.1) is 0 Å². The molecule has 0 aliphatic rings. The average molecular weight is 194 g/mol. The fraction of sp³-hybridized carbons (Fsp3) is 0.727. The molecular formula is C11H20N3. The standard InChI is InChI=1S/C11H20N3/c1-3-5-8-13(9-6-4-2)14-10-7-12-11-14/h7,10H,3-6,8-9H2,1-2H3. The summed E-state index contributed by atoms with van der Waals surface area (Å²) in [6.07, 6.45) is 11.6. The first-order chi connectivity index (χ1) is 6.88. The summed E-state index contributed by atoms with van der Waals surface area (Å²) >= 11 is 0. The molecule has 0 atom stereocenters. The van der Waals surface area contributed by atoms with Crippen molar-refractivity contribution in [2.24, 2.45) is 0 Å². The third-order valence-corrected chi connectivity index (χ3v) is 2.29. The van der Waals surface area contributed by atoms with Gasteiger partial charge in [0.1, 0.15) is 0 Å². The molecule has 0 bridgehead atoms. The number of imidazole rings is 1. The largest absolute Gasteiger partial charge is 0.311 e. The summed E-state index contributed by atoms with van der Waals surface area (Å²) < 4.78 is 1.98. The van der Waals surface area contributed by atoms with Crippen LogP contribution in [0, 0.1) is 6.33 Å². The summed E-state index contributed by atoms with van der Waals surface area (Å²) in [6, 6.07) is 0. The molecule has 0 aromatic carbocycles. The molecule has 0 unspecified atom stereocenters. The zero-order valence-electron chi connectivity index (χ0n) is 9.24. The molecule has 0 fully saturated rings. The van der Waals surface area contributed by atoms with E-state index in [1.165, 1.54) is 25.7 Å². The number of hydrogen-bond donors (Lipinski definition) is 0. The van der Waals surface area contributed by atoms with Gasteiger partial charge >= 0.3 is 0 Å². The fourth-order valence-electron chi connectivity index (χ4n) is 1.39. The fourth-order valence-corrected chi connectivity index (χ4v) is 1.39. The first kappa shape index (κ1) is 11.1. The SMILES string of the molecule is CCCCN(CCCC)n1[c]ncc1. The molecule has 3 nitrogen and oxygen atoms in total. The summed E-state index contributed by atoms with van der Waals surface area (Å²) in [7, 11) is 0. The van der Waals surface area contributed by atoms with Gasteiger partial charge in [-0.1, -0.05) is 26.7 Å². The Hall–Kier alpha value is -0.990. The highest BCUT2D eigenvalue weighted by atomic mass is 15.5. The van der Waals surface area contributed by atoms with Gasteiger partial charge in [0.15, 0.2) is 6.33 Å². The van der Waals surface area contributed by atoms with E-state index in [0.29, 0.717) is 0 Å². The van der Waals surface area contributed by atoms with Crippen LogP contribution >= 0.6 is 0 Å². The Morgan fingerprint density at radius 2 is 1.86 bits per heavy atom. The smallest absolute Gasteiger partial charge is 0.197 e. The Bertz CT molecular complexity index is 210. The van der Waals surface area contributed by atoms with Gasteiger partial charge in [-0.3, -0.25) is 0 Å². The van der Waals surface area contributed by atoms with E-state index in [1.807, 2.05) is 10.9 Å². The molecule has 0 saturated carbocycles. The predicted octanol–water partition coefficient (Wildman–Crippen LogP) is 2.22. The third-order valence-electron chi connectivity index (χ3n) is 2.29. The molecule has 1 aromatic rings. The molecule has 1 radical (unpaired) electrons. The minimum absolute atomic E-state index is 1.10. The van der Waals surface area contributed by atoms with Crippen molar-refractivity contribution in [1.82, 2.24) is 9.66 Å². The molecule has 1 aromatic heterocycles. The molecule has 0 amide bonds. The van der Waals surface area contributed by atoms with Crippen molar-refractivity contribution in [3.63, 3.8) is 0 Å². The van der Waals surface area contributed by atoms with Crippen molar-refractivity contribution in [2.75, 3.05) is 18.1 Å². The minimum Gasteiger partial charge on any atom is -0.311 e. The normalized spacial score (nSPS) is 10.4. The van der Waals surface area contributed by atoms with Crippen molar-refractivity contribution in [3.05, 3.63) is 18.7 Å². The van der Waals surface area contributed by atoms with E-state index < -0.39 is 0 Å². The lowest BCUT2D eigenvalue weighted by atomic mass is 10.3. The van der Waals surface area contributed by atoms with Crippen LogP contribution in [0.3, 0.4) is 0 Å². The van der Waals surface area contributed by atoms with Crippen LogP contribution in [0.4, 0.5) is 0 Å². The molecule has 0 aliphatic heterocycles. The van der Waals surface area contributed by atoms with E-state index in [-0.39, 0.29) is 0 Å². The van der Waals surface area contributed by atoms with Gasteiger partial charge in [0.05, 0.1) is 0 Å². The highest BCUT2D eigenvalue weighted by Crippen LogP contribution is 1.98. The number of nitrogens with zero attached hydrogens (tertiary/aromatic N) is 3. The third kappa shape index (κ3) is 3.40. The van der Waals surface area contributed by atoms with Gasteiger partial charge in [-0.2, -0.15) is 0 Å². The molecule has 0 saturated heterocycles. The van der Waals surface area contributed by atoms with E-state index in [2.05, 4.69) is 30.2 Å². The first-order valence-corrected chi connectivity index (χ1v) is 5.54. The van der Waals surface area contributed by atoms with Crippen LogP contribution in [0.15, 0.2) is 12.4 Å². The van der Waals surface area contributed by atoms with Crippen LogP contribution < -0.4 is 5.01 Å². The summed E-state index contributed by atoms with van der Waals surface area (Å²) in [4.78, 5) is 3.96. The molecule has 3 heteroatoms. The molecule has 0 N–H and O–H groups in total. The maximum Gasteiger partial charge on any atom is 0.197 e. The molecule has 14 heavy (non-hydrogen) atoms. The predicted molar refractivity (Wildman–Crippen MR) is 58.8 cm³/mol. The van der Waals surface area contributed by atoms with Crippen LogP contribution in [-0.2, 0) is 0 Å². The van der Waals surface area contributed by atoms with Crippen LogP contribution in [0.5, 0.6) is 0 Å².